The monoisotopic (exact) mass is 558 g/mol. The maximum atomic E-state index is 5.29. The molecule has 1 aromatic carbocycles. The molecule has 6 nitrogen and oxygen atoms in total. The van der Waals surface area contributed by atoms with Crippen molar-refractivity contribution < 1.29 is 4.58 Å². The summed E-state index contributed by atoms with van der Waals surface area (Å²) in [5.41, 5.74) is 2.52. The zero-order chi connectivity index (χ0) is 30.9. The Hall–Kier alpha value is -2.24. The smallest absolute Gasteiger partial charge is 0.338 e. The fourth-order valence-corrected chi connectivity index (χ4v) is 6.08. The van der Waals surface area contributed by atoms with Gasteiger partial charge in [0.1, 0.15) is 0 Å². The van der Waals surface area contributed by atoms with Crippen molar-refractivity contribution in [3.05, 3.63) is 35.4 Å². The standard InChI is InChI=1S/C34H64N6/c1-23(2)37(24(3)4)33(38(25(5)6)26(7)8)35-21-31-18-17-19-32(20-31)22-36-34(39(27(9)10)28(11)12)40(29(13)14)30(15)16/h17-20,23-30H,21-22H2,1-16H3/p+1. The molecule has 0 saturated heterocycles. The van der Waals surface area contributed by atoms with Gasteiger partial charge in [0.25, 0.3) is 0 Å². The lowest BCUT2D eigenvalue weighted by atomic mass is 10.1. The molecular weight excluding hydrogens is 492 g/mol. The van der Waals surface area contributed by atoms with Gasteiger partial charge in [0.15, 0.2) is 5.96 Å². The SMILES string of the molecule is CC(C)N(C(=NCc1cccc(CNC(N(C(C)C)C(C)C)=[N+](C(C)C)C(C)C)c1)N(C(C)C)C(C)C)C(C)C. The molecule has 0 radical (unpaired) electrons. The van der Waals surface area contributed by atoms with Crippen LogP contribution in [0.25, 0.3) is 0 Å². The van der Waals surface area contributed by atoms with Crippen LogP contribution in [0.5, 0.6) is 0 Å². The Morgan fingerprint density at radius 1 is 0.625 bits per heavy atom. The van der Waals surface area contributed by atoms with E-state index in [2.05, 4.69) is 160 Å². The van der Waals surface area contributed by atoms with Crippen LogP contribution in [0.4, 0.5) is 0 Å². The summed E-state index contributed by atoms with van der Waals surface area (Å²) >= 11 is 0. The molecule has 0 aliphatic heterocycles. The van der Waals surface area contributed by atoms with Crippen molar-refractivity contribution in [1.29, 1.82) is 0 Å². The van der Waals surface area contributed by atoms with Crippen molar-refractivity contribution in [2.75, 3.05) is 0 Å². The van der Waals surface area contributed by atoms with E-state index in [4.69, 9.17) is 4.99 Å². The topological polar surface area (TPSA) is 37.1 Å². The Morgan fingerprint density at radius 3 is 1.40 bits per heavy atom. The van der Waals surface area contributed by atoms with Crippen LogP contribution in [-0.4, -0.2) is 79.5 Å². The van der Waals surface area contributed by atoms with Crippen molar-refractivity contribution in [3.63, 3.8) is 0 Å². The number of hydrogen-bond acceptors (Lipinski definition) is 1. The number of guanidine groups is 2. The Kier molecular flexibility index (Phi) is 14.6. The fourth-order valence-electron chi connectivity index (χ4n) is 6.08. The van der Waals surface area contributed by atoms with E-state index in [-0.39, 0.29) is 0 Å². The molecule has 6 heteroatoms. The van der Waals surface area contributed by atoms with Crippen LogP contribution < -0.4 is 5.32 Å². The molecular formula is C34H65N6+. The van der Waals surface area contributed by atoms with Gasteiger partial charge in [-0.2, -0.15) is 0 Å². The van der Waals surface area contributed by atoms with Crippen molar-refractivity contribution in [1.82, 2.24) is 20.0 Å². The molecule has 40 heavy (non-hydrogen) atoms. The maximum absolute atomic E-state index is 5.29. The van der Waals surface area contributed by atoms with Crippen molar-refractivity contribution in [2.24, 2.45) is 4.99 Å². The summed E-state index contributed by atoms with van der Waals surface area (Å²) in [6, 6.07) is 12.0. The summed E-state index contributed by atoms with van der Waals surface area (Å²) in [5.74, 6) is 2.32. The number of nitrogens with zero attached hydrogens (tertiary/aromatic N) is 5. The predicted molar refractivity (Wildman–Crippen MR) is 176 cm³/mol. The first-order chi connectivity index (χ1) is 18.5. The maximum Gasteiger partial charge on any atom is 0.349 e. The molecule has 0 heterocycles. The molecule has 0 aromatic heterocycles. The Balaban J connectivity index is 3.43. The van der Waals surface area contributed by atoms with Gasteiger partial charge in [-0.15, -0.1) is 0 Å². The Bertz CT molecular complexity index is 884. The molecule has 0 bridgehead atoms. The summed E-state index contributed by atoms with van der Waals surface area (Å²) in [6.45, 7) is 37.9. The number of hydrogen-bond donors (Lipinski definition) is 1. The average Bonchev–Trinajstić information content (AvgIpc) is 2.79. The second-order valence-corrected chi connectivity index (χ2v) is 13.5. The normalized spacial score (nSPS) is 12.0. The molecule has 1 N–H and O–H groups in total. The zero-order valence-electron chi connectivity index (χ0n) is 29.1. The van der Waals surface area contributed by atoms with Crippen LogP contribution in [0.1, 0.15) is 122 Å². The highest BCUT2D eigenvalue weighted by Crippen LogP contribution is 2.18. The van der Waals surface area contributed by atoms with Gasteiger partial charge in [-0.1, -0.05) is 24.3 Å². The third kappa shape index (κ3) is 9.99. The molecule has 230 valence electrons. The third-order valence-corrected chi connectivity index (χ3v) is 7.25. The minimum Gasteiger partial charge on any atom is -0.338 e. The predicted octanol–water partition coefficient (Wildman–Crippen LogP) is 7.17. The molecule has 1 rings (SSSR count). The lowest BCUT2D eigenvalue weighted by Crippen LogP contribution is -2.55. The van der Waals surface area contributed by atoms with Gasteiger partial charge < -0.3 is 9.80 Å². The average molecular weight is 558 g/mol. The largest absolute Gasteiger partial charge is 0.349 e. The molecule has 0 aliphatic carbocycles. The highest BCUT2D eigenvalue weighted by atomic mass is 15.4. The number of aliphatic imine (C=N–C) groups is 1. The summed E-state index contributed by atoms with van der Waals surface area (Å²) in [6.07, 6.45) is 0. The Labute approximate surface area is 248 Å². The first-order valence-electron chi connectivity index (χ1n) is 15.9. The second-order valence-electron chi connectivity index (χ2n) is 13.5. The zero-order valence-corrected chi connectivity index (χ0v) is 29.1. The summed E-state index contributed by atoms with van der Waals surface area (Å²) in [7, 11) is 0. The highest BCUT2D eigenvalue weighted by molar-refractivity contribution is 5.81. The summed E-state index contributed by atoms with van der Waals surface area (Å²) in [4.78, 5) is 12.7. The highest BCUT2D eigenvalue weighted by Gasteiger charge is 2.30. The molecule has 0 aliphatic rings. The lowest BCUT2D eigenvalue weighted by molar-refractivity contribution is -0.594. The third-order valence-electron chi connectivity index (χ3n) is 7.25. The molecule has 0 unspecified atom stereocenters. The number of nitrogens with one attached hydrogen (secondary N) is 1. The van der Waals surface area contributed by atoms with Gasteiger partial charge in [0, 0.05) is 24.2 Å². The molecule has 0 atom stereocenters. The van der Waals surface area contributed by atoms with Crippen LogP contribution in [0.15, 0.2) is 29.3 Å². The second kappa shape index (κ2) is 16.3. The molecule has 1 aromatic rings. The van der Waals surface area contributed by atoms with Crippen molar-refractivity contribution in [3.8, 4) is 0 Å². The van der Waals surface area contributed by atoms with Gasteiger partial charge in [0.05, 0.1) is 37.3 Å². The van der Waals surface area contributed by atoms with Gasteiger partial charge in [-0.05, 0) is 122 Å². The van der Waals surface area contributed by atoms with E-state index in [1.54, 1.807) is 0 Å². The van der Waals surface area contributed by atoms with Gasteiger partial charge in [0.2, 0.25) is 0 Å². The Morgan fingerprint density at radius 2 is 1.02 bits per heavy atom. The number of rotatable bonds is 12. The fraction of sp³-hybridized carbons (Fsp3) is 0.765. The van der Waals surface area contributed by atoms with Crippen molar-refractivity contribution in [2.45, 2.75) is 172 Å². The van der Waals surface area contributed by atoms with E-state index < -0.39 is 0 Å². The van der Waals surface area contributed by atoms with E-state index in [0.29, 0.717) is 54.9 Å². The van der Waals surface area contributed by atoms with E-state index in [1.165, 1.54) is 17.1 Å². The van der Waals surface area contributed by atoms with E-state index in [0.717, 1.165) is 12.5 Å². The first kappa shape index (κ1) is 35.8. The molecule has 0 amide bonds. The summed E-state index contributed by atoms with van der Waals surface area (Å²) in [5, 5.41) is 3.87. The van der Waals surface area contributed by atoms with Crippen LogP contribution >= 0.6 is 0 Å². The van der Waals surface area contributed by atoms with Crippen molar-refractivity contribution >= 4 is 11.9 Å². The van der Waals surface area contributed by atoms with E-state index in [9.17, 15) is 0 Å². The van der Waals surface area contributed by atoms with Gasteiger partial charge >= 0.3 is 5.96 Å². The summed E-state index contributed by atoms with van der Waals surface area (Å²) < 4.78 is 2.51. The van der Waals surface area contributed by atoms with Crippen LogP contribution in [-0.2, 0) is 13.1 Å². The first-order valence-corrected chi connectivity index (χ1v) is 15.9. The van der Waals surface area contributed by atoms with Crippen LogP contribution in [0.3, 0.4) is 0 Å². The quantitative estimate of drug-likeness (QED) is 0.168. The van der Waals surface area contributed by atoms with E-state index >= 15 is 0 Å². The lowest BCUT2D eigenvalue weighted by Gasteiger charge is -2.43. The number of benzene rings is 1. The molecule has 0 spiro atoms. The van der Waals surface area contributed by atoms with E-state index in [1.807, 2.05) is 0 Å². The molecule has 0 fully saturated rings. The van der Waals surface area contributed by atoms with Gasteiger partial charge in [-0.25, -0.2) is 4.99 Å². The minimum absolute atomic E-state index is 0.373. The molecule has 0 saturated carbocycles. The van der Waals surface area contributed by atoms with Gasteiger partial charge in [-0.3, -0.25) is 14.8 Å². The van der Waals surface area contributed by atoms with Crippen LogP contribution in [0, 0.1) is 0 Å². The van der Waals surface area contributed by atoms with Crippen LogP contribution in [0.2, 0.25) is 0 Å². The minimum atomic E-state index is 0.373.